The molecule has 0 amide bonds. The van der Waals surface area contributed by atoms with Gasteiger partial charge < -0.3 is 5.11 Å². The Balaban J connectivity index is 1.81. The molecule has 3 rings (SSSR count). The van der Waals surface area contributed by atoms with Gasteiger partial charge >= 0.3 is 0 Å². The van der Waals surface area contributed by atoms with Crippen molar-refractivity contribution in [3.63, 3.8) is 0 Å². The summed E-state index contributed by atoms with van der Waals surface area (Å²) in [5, 5.41) is 16.5. The van der Waals surface area contributed by atoms with E-state index >= 15 is 0 Å². The molecule has 1 aromatic heterocycles. The van der Waals surface area contributed by atoms with E-state index in [9.17, 15) is 5.11 Å². The summed E-state index contributed by atoms with van der Waals surface area (Å²) in [7, 11) is 0. The summed E-state index contributed by atoms with van der Waals surface area (Å²) in [4.78, 5) is 0. The molecule has 2 bridgehead atoms. The van der Waals surface area contributed by atoms with Crippen LogP contribution in [-0.4, -0.2) is 25.4 Å². The van der Waals surface area contributed by atoms with E-state index in [0.717, 1.165) is 31.4 Å². The average Bonchev–Trinajstić information content (AvgIpc) is 2.87. The maximum absolute atomic E-state index is 10.8. The number of thioether (sulfide) groups is 1. The Hall–Kier alpha value is -0.480. The predicted octanol–water partition coefficient (Wildman–Crippen LogP) is 2.54. The fourth-order valence-corrected chi connectivity index (χ4v) is 4.94. The minimum absolute atomic E-state index is 0.608. The van der Waals surface area contributed by atoms with Gasteiger partial charge in [-0.2, -0.15) is 16.9 Å². The van der Waals surface area contributed by atoms with Gasteiger partial charge in [-0.05, 0) is 32.1 Å². The number of nitrogens with zero attached hydrogens (tertiary/aromatic N) is 2. The number of aryl methyl sites for hydroxylation is 1. The first-order valence-corrected chi connectivity index (χ1v) is 7.55. The van der Waals surface area contributed by atoms with Crippen LogP contribution in [0.1, 0.15) is 44.6 Å². The van der Waals surface area contributed by atoms with Gasteiger partial charge in [-0.25, -0.2) is 0 Å². The second-order valence-electron chi connectivity index (χ2n) is 5.39. The largest absolute Gasteiger partial charge is 0.385 e. The first kappa shape index (κ1) is 11.6. The lowest BCUT2D eigenvalue weighted by Crippen LogP contribution is -2.34. The maximum atomic E-state index is 10.8. The van der Waals surface area contributed by atoms with Crippen molar-refractivity contribution in [3.05, 3.63) is 18.0 Å². The maximum Gasteiger partial charge on any atom is 0.0947 e. The van der Waals surface area contributed by atoms with E-state index in [1.165, 1.54) is 12.8 Å². The van der Waals surface area contributed by atoms with E-state index in [-0.39, 0.29) is 0 Å². The highest BCUT2D eigenvalue weighted by atomic mass is 32.2. The lowest BCUT2D eigenvalue weighted by Gasteiger charge is -2.35. The molecule has 0 aromatic carbocycles. The highest BCUT2D eigenvalue weighted by Crippen LogP contribution is 2.51. The molecule has 4 heteroatoms. The predicted molar refractivity (Wildman–Crippen MR) is 70.0 cm³/mol. The Morgan fingerprint density at radius 1 is 1.47 bits per heavy atom. The summed E-state index contributed by atoms with van der Waals surface area (Å²) < 4.78 is 1.96. The zero-order chi connectivity index (χ0) is 11.9. The fraction of sp³-hybridized carbons (Fsp3) is 0.769. The zero-order valence-corrected chi connectivity index (χ0v) is 11.1. The zero-order valence-electron chi connectivity index (χ0n) is 10.3. The molecule has 2 saturated heterocycles. The molecule has 17 heavy (non-hydrogen) atoms. The molecule has 0 aliphatic carbocycles. The van der Waals surface area contributed by atoms with Crippen LogP contribution in [0.25, 0.3) is 0 Å². The molecule has 94 valence electrons. The molecule has 0 saturated carbocycles. The molecular formula is C13H20N2OS. The van der Waals surface area contributed by atoms with Gasteiger partial charge in [0.1, 0.15) is 0 Å². The van der Waals surface area contributed by atoms with E-state index in [1.807, 2.05) is 17.1 Å². The summed E-state index contributed by atoms with van der Waals surface area (Å²) in [6.07, 6.45) is 9.37. The average molecular weight is 252 g/mol. The van der Waals surface area contributed by atoms with Crippen LogP contribution in [0.5, 0.6) is 0 Å². The molecule has 2 atom stereocenters. The first-order valence-electron chi connectivity index (χ1n) is 6.60. The van der Waals surface area contributed by atoms with Crippen molar-refractivity contribution in [1.82, 2.24) is 9.78 Å². The van der Waals surface area contributed by atoms with Gasteiger partial charge in [0.15, 0.2) is 0 Å². The lowest BCUT2D eigenvalue weighted by atomic mass is 9.88. The van der Waals surface area contributed by atoms with Gasteiger partial charge in [0.25, 0.3) is 0 Å². The number of fused-ring (bicyclic) bond motifs is 2. The highest BCUT2D eigenvalue weighted by molar-refractivity contribution is 8.00. The minimum atomic E-state index is -0.608. The SMILES string of the molecule is CCCn1cc(C2(O)CC3CCC(C2)S3)cn1. The van der Waals surface area contributed by atoms with E-state index < -0.39 is 5.60 Å². The summed E-state index contributed by atoms with van der Waals surface area (Å²) >= 11 is 2.08. The van der Waals surface area contributed by atoms with Gasteiger partial charge in [0.05, 0.1) is 11.8 Å². The topological polar surface area (TPSA) is 38.0 Å². The van der Waals surface area contributed by atoms with Crippen LogP contribution in [0, 0.1) is 0 Å². The Morgan fingerprint density at radius 3 is 2.82 bits per heavy atom. The molecule has 2 unspecified atom stereocenters. The van der Waals surface area contributed by atoms with Crippen LogP contribution in [0.3, 0.4) is 0 Å². The van der Waals surface area contributed by atoms with Crippen LogP contribution in [0.15, 0.2) is 12.4 Å². The Morgan fingerprint density at radius 2 is 2.18 bits per heavy atom. The molecule has 0 radical (unpaired) electrons. The van der Waals surface area contributed by atoms with Gasteiger partial charge in [-0.3, -0.25) is 4.68 Å². The third-order valence-corrected chi connectivity index (χ3v) is 5.52. The molecule has 3 heterocycles. The van der Waals surface area contributed by atoms with Crippen molar-refractivity contribution in [2.45, 2.75) is 61.7 Å². The van der Waals surface area contributed by atoms with E-state index in [4.69, 9.17) is 0 Å². The molecule has 3 nitrogen and oxygen atoms in total. The number of rotatable bonds is 3. The molecule has 2 fully saturated rings. The molecular weight excluding hydrogens is 232 g/mol. The third-order valence-electron chi connectivity index (χ3n) is 3.95. The quantitative estimate of drug-likeness (QED) is 0.898. The minimum Gasteiger partial charge on any atom is -0.385 e. The van der Waals surface area contributed by atoms with Gasteiger partial charge in [0.2, 0.25) is 0 Å². The highest BCUT2D eigenvalue weighted by Gasteiger charge is 2.44. The number of aliphatic hydroxyl groups is 1. The fourth-order valence-electron chi connectivity index (χ4n) is 3.11. The molecule has 2 aliphatic heterocycles. The van der Waals surface area contributed by atoms with Crippen molar-refractivity contribution in [3.8, 4) is 0 Å². The van der Waals surface area contributed by atoms with Crippen molar-refractivity contribution in [1.29, 1.82) is 0 Å². The van der Waals surface area contributed by atoms with Gasteiger partial charge in [-0.1, -0.05) is 6.92 Å². The normalized spacial score (nSPS) is 36.4. The summed E-state index contributed by atoms with van der Waals surface area (Å²) in [6.45, 7) is 3.09. The second kappa shape index (κ2) is 4.32. The van der Waals surface area contributed by atoms with Gasteiger partial charge in [0, 0.05) is 28.8 Å². The second-order valence-corrected chi connectivity index (χ2v) is 6.99. The number of aromatic nitrogens is 2. The van der Waals surface area contributed by atoms with Crippen molar-refractivity contribution in [2.75, 3.05) is 0 Å². The number of hydrogen-bond acceptors (Lipinski definition) is 3. The van der Waals surface area contributed by atoms with Crippen LogP contribution in [0.4, 0.5) is 0 Å². The molecule has 2 aliphatic rings. The van der Waals surface area contributed by atoms with Crippen LogP contribution < -0.4 is 0 Å². The van der Waals surface area contributed by atoms with E-state index in [0.29, 0.717) is 10.5 Å². The van der Waals surface area contributed by atoms with Crippen LogP contribution >= 0.6 is 11.8 Å². The summed E-state index contributed by atoms with van der Waals surface area (Å²) in [6, 6.07) is 0. The molecule has 1 aromatic rings. The van der Waals surface area contributed by atoms with E-state index in [1.54, 1.807) is 0 Å². The van der Waals surface area contributed by atoms with Crippen LogP contribution in [-0.2, 0) is 12.1 Å². The van der Waals surface area contributed by atoms with Gasteiger partial charge in [-0.15, -0.1) is 0 Å². The molecule has 1 N–H and O–H groups in total. The lowest BCUT2D eigenvalue weighted by molar-refractivity contribution is 0.0195. The first-order chi connectivity index (χ1) is 8.19. The Bertz CT molecular complexity index is 392. The molecule has 0 spiro atoms. The Kier molecular flexibility index (Phi) is 2.95. The van der Waals surface area contributed by atoms with Crippen molar-refractivity contribution >= 4 is 11.8 Å². The van der Waals surface area contributed by atoms with Crippen molar-refractivity contribution < 1.29 is 5.11 Å². The van der Waals surface area contributed by atoms with Crippen molar-refractivity contribution in [2.24, 2.45) is 0 Å². The van der Waals surface area contributed by atoms with E-state index in [2.05, 4.69) is 23.8 Å². The number of hydrogen-bond donors (Lipinski definition) is 1. The van der Waals surface area contributed by atoms with Crippen LogP contribution in [0.2, 0.25) is 0 Å². The monoisotopic (exact) mass is 252 g/mol. The summed E-state index contributed by atoms with van der Waals surface area (Å²) in [5.74, 6) is 0. The summed E-state index contributed by atoms with van der Waals surface area (Å²) in [5.41, 5.74) is 0.423. The smallest absolute Gasteiger partial charge is 0.0947 e. The Labute approximate surface area is 107 Å². The third kappa shape index (κ3) is 2.13. The standard InChI is InChI=1S/C13H20N2OS/c1-2-5-15-9-10(8-14-15)13(16)6-11-3-4-12(7-13)17-11/h8-9,11-12,16H,2-7H2,1H3.